The second-order valence-corrected chi connectivity index (χ2v) is 6.52. The minimum atomic E-state index is 0.0265. The summed E-state index contributed by atoms with van der Waals surface area (Å²) >= 11 is 0. The maximum Gasteiger partial charge on any atom is 0.227 e. The van der Waals surface area contributed by atoms with Gasteiger partial charge in [-0.1, -0.05) is 26.0 Å². The molecule has 3 N–H and O–H groups in total. The van der Waals surface area contributed by atoms with Gasteiger partial charge >= 0.3 is 0 Å². The van der Waals surface area contributed by atoms with Gasteiger partial charge in [-0.15, -0.1) is 0 Å². The molecule has 1 saturated carbocycles. The number of benzene rings is 1. The summed E-state index contributed by atoms with van der Waals surface area (Å²) in [7, 11) is 0. The molecule has 1 fully saturated rings. The van der Waals surface area contributed by atoms with Crippen molar-refractivity contribution in [3.63, 3.8) is 0 Å². The highest BCUT2D eigenvalue weighted by Gasteiger charge is 2.21. The Labute approximate surface area is 145 Å². The minimum Gasteiger partial charge on any atom is -0.357 e. The topological polar surface area (TPSA) is 65.5 Å². The SMILES string of the molecule is CCNC(=NCc1cccc(NC(=O)C(C)CC)c1)NCC1CC1. The van der Waals surface area contributed by atoms with E-state index in [1.807, 2.05) is 38.1 Å². The van der Waals surface area contributed by atoms with Gasteiger partial charge in [0.25, 0.3) is 0 Å². The van der Waals surface area contributed by atoms with E-state index in [4.69, 9.17) is 0 Å². The smallest absolute Gasteiger partial charge is 0.227 e. The Morgan fingerprint density at radius 2 is 2.08 bits per heavy atom. The third kappa shape index (κ3) is 6.22. The van der Waals surface area contributed by atoms with Gasteiger partial charge in [-0.05, 0) is 49.8 Å². The number of carbonyl (C=O) groups is 1. The molecule has 5 nitrogen and oxygen atoms in total. The van der Waals surface area contributed by atoms with Crippen LogP contribution in [-0.4, -0.2) is 25.0 Å². The van der Waals surface area contributed by atoms with Crippen LogP contribution >= 0.6 is 0 Å². The van der Waals surface area contributed by atoms with Crippen LogP contribution in [0.2, 0.25) is 0 Å². The zero-order chi connectivity index (χ0) is 17.4. The zero-order valence-electron chi connectivity index (χ0n) is 15.1. The highest BCUT2D eigenvalue weighted by Crippen LogP contribution is 2.27. The fourth-order valence-corrected chi connectivity index (χ4v) is 2.27. The lowest BCUT2D eigenvalue weighted by Crippen LogP contribution is -2.38. The normalized spacial score (nSPS) is 15.7. The van der Waals surface area contributed by atoms with Crippen LogP contribution in [0.3, 0.4) is 0 Å². The molecule has 0 aliphatic heterocycles. The molecular formula is C19H30N4O. The summed E-state index contributed by atoms with van der Waals surface area (Å²) in [6.07, 6.45) is 3.49. The second kappa shape index (κ2) is 9.30. The molecule has 1 aliphatic carbocycles. The molecule has 0 radical (unpaired) electrons. The van der Waals surface area contributed by atoms with Gasteiger partial charge in [0.1, 0.15) is 0 Å². The van der Waals surface area contributed by atoms with Crippen molar-refractivity contribution in [2.24, 2.45) is 16.8 Å². The number of carbonyl (C=O) groups excluding carboxylic acids is 1. The summed E-state index contributed by atoms with van der Waals surface area (Å²) in [5.41, 5.74) is 1.92. The summed E-state index contributed by atoms with van der Waals surface area (Å²) in [4.78, 5) is 16.6. The molecule has 1 unspecified atom stereocenters. The van der Waals surface area contributed by atoms with Crippen LogP contribution in [0.4, 0.5) is 5.69 Å². The predicted octanol–water partition coefficient (Wildman–Crippen LogP) is 3.14. The summed E-state index contributed by atoms with van der Waals surface area (Å²) in [6.45, 7) is 8.47. The summed E-state index contributed by atoms with van der Waals surface area (Å²) in [5, 5.41) is 9.64. The maximum atomic E-state index is 12.0. The number of nitrogens with zero attached hydrogens (tertiary/aromatic N) is 1. The van der Waals surface area contributed by atoms with Crippen LogP contribution < -0.4 is 16.0 Å². The van der Waals surface area contributed by atoms with Crippen LogP contribution in [0.5, 0.6) is 0 Å². The van der Waals surface area contributed by atoms with E-state index in [1.54, 1.807) is 0 Å². The van der Waals surface area contributed by atoms with Crippen LogP contribution in [0.25, 0.3) is 0 Å². The van der Waals surface area contributed by atoms with E-state index in [0.29, 0.717) is 6.54 Å². The molecule has 1 amide bonds. The fourth-order valence-electron chi connectivity index (χ4n) is 2.27. The quantitative estimate of drug-likeness (QED) is 0.507. The van der Waals surface area contributed by atoms with Gasteiger partial charge in [0, 0.05) is 24.7 Å². The van der Waals surface area contributed by atoms with Crippen molar-refractivity contribution in [2.45, 2.75) is 46.6 Å². The molecule has 0 aromatic heterocycles. The van der Waals surface area contributed by atoms with E-state index in [9.17, 15) is 4.79 Å². The number of rotatable bonds is 8. The largest absolute Gasteiger partial charge is 0.357 e. The molecule has 0 saturated heterocycles. The van der Waals surface area contributed by atoms with Crippen molar-refractivity contribution in [1.82, 2.24) is 10.6 Å². The van der Waals surface area contributed by atoms with Crippen LogP contribution in [0.1, 0.15) is 45.6 Å². The van der Waals surface area contributed by atoms with Gasteiger partial charge in [0.2, 0.25) is 5.91 Å². The molecule has 5 heteroatoms. The second-order valence-electron chi connectivity index (χ2n) is 6.52. The van der Waals surface area contributed by atoms with Crippen LogP contribution in [0, 0.1) is 11.8 Å². The number of hydrogen-bond donors (Lipinski definition) is 3. The van der Waals surface area contributed by atoms with Gasteiger partial charge in [0.05, 0.1) is 6.54 Å². The number of hydrogen-bond acceptors (Lipinski definition) is 2. The first-order valence-corrected chi connectivity index (χ1v) is 9.04. The van der Waals surface area contributed by atoms with Crippen LogP contribution in [0.15, 0.2) is 29.3 Å². The molecule has 1 aromatic rings. The maximum absolute atomic E-state index is 12.0. The van der Waals surface area contributed by atoms with E-state index >= 15 is 0 Å². The number of amides is 1. The van der Waals surface area contributed by atoms with Gasteiger partial charge < -0.3 is 16.0 Å². The Morgan fingerprint density at radius 3 is 2.75 bits per heavy atom. The molecule has 0 heterocycles. The molecule has 1 aromatic carbocycles. The first-order chi connectivity index (χ1) is 11.6. The average molecular weight is 330 g/mol. The van der Waals surface area contributed by atoms with E-state index in [-0.39, 0.29) is 11.8 Å². The van der Waals surface area contributed by atoms with E-state index in [0.717, 1.165) is 42.6 Å². The molecule has 2 rings (SSSR count). The highest BCUT2D eigenvalue weighted by atomic mass is 16.1. The first kappa shape index (κ1) is 18.3. The Kier molecular flexibility index (Phi) is 7.09. The molecule has 0 bridgehead atoms. The lowest BCUT2D eigenvalue weighted by molar-refractivity contribution is -0.119. The zero-order valence-corrected chi connectivity index (χ0v) is 15.1. The van der Waals surface area contributed by atoms with Gasteiger partial charge in [-0.25, -0.2) is 4.99 Å². The van der Waals surface area contributed by atoms with Crippen molar-refractivity contribution in [3.05, 3.63) is 29.8 Å². The highest BCUT2D eigenvalue weighted by molar-refractivity contribution is 5.92. The number of aliphatic imine (C=N–C) groups is 1. The van der Waals surface area contributed by atoms with E-state index < -0.39 is 0 Å². The molecule has 24 heavy (non-hydrogen) atoms. The molecule has 132 valence electrons. The summed E-state index contributed by atoms with van der Waals surface area (Å²) < 4.78 is 0. The Morgan fingerprint density at radius 1 is 1.29 bits per heavy atom. The number of guanidine groups is 1. The molecule has 0 spiro atoms. The third-order valence-corrected chi connectivity index (χ3v) is 4.27. The number of nitrogens with one attached hydrogen (secondary N) is 3. The molecule has 1 aliphatic rings. The Hall–Kier alpha value is -2.04. The lowest BCUT2D eigenvalue weighted by Gasteiger charge is -2.12. The van der Waals surface area contributed by atoms with E-state index in [1.165, 1.54) is 12.8 Å². The van der Waals surface area contributed by atoms with Gasteiger partial charge in [-0.3, -0.25) is 4.79 Å². The average Bonchev–Trinajstić information content (AvgIpc) is 3.41. The van der Waals surface area contributed by atoms with Gasteiger partial charge in [-0.2, -0.15) is 0 Å². The predicted molar refractivity (Wildman–Crippen MR) is 100 cm³/mol. The Bertz CT molecular complexity index is 566. The third-order valence-electron chi connectivity index (χ3n) is 4.27. The van der Waals surface area contributed by atoms with Crippen molar-refractivity contribution in [1.29, 1.82) is 0 Å². The Balaban J connectivity index is 1.93. The fraction of sp³-hybridized carbons (Fsp3) is 0.579. The van der Waals surface area contributed by atoms with E-state index in [2.05, 4.69) is 27.9 Å². The molecular weight excluding hydrogens is 300 g/mol. The van der Waals surface area contributed by atoms with Gasteiger partial charge in [0.15, 0.2) is 5.96 Å². The monoisotopic (exact) mass is 330 g/mol. The summed E-state index contributed by atoms with van der Waals surface area (Å²) in [6, 6.07) is 7.91. The summed E-state index contributed by atoms with van der Waals surface area (Å²) in [5.74, 6) is 1.77. The first-order valence-electron chi connectivity index (χ1n) is 9.04. The minimum absolute atomic E-state index is 0.0265. The van der Waals surface area contributed by atoms with Crippen molar-refractivity contribution < 1.29 is 4.79 Å². The van der Waals surface area contributed by atoms with Crippen molar-refractivity contribution in [2.75, 3.05) is 18.4 Å². The van der Waals surface area contributed by atoms with Crippen molar-refractivity contribution >= 4 is 17.6 Å². The standard InChI is InChI=1S/C19H30N4O/c1-4-14(3)18(24)23-17-8-6-7-16(11-17)13-22-19(20-5-2)21-12-15-9-10-15/h6-8,11,14-15H,4-5,9-10,12-13H2,1-3H3,(H,23,24)(H2,20,21,22). The van der Waals surface area contributed by atoms with Crippen molar-refractivity contribution in [3.8, 4) is 0 Å². The lowest BCUT2D eigenvalue weighted by atomic mass is 10.1. The number of anilines is 1. The molecule has 1 atom stereocenters. The van der Waals surface area contributed by atoms with Crippen LogP contribution in [-0.2, 0) is 11.3 Å².